The van der Waals surface area contributed by atoms with E-state index in [0.717, 1.165) is 16.7 Å². The molecular formula is C25H23NO5. The van der Waals surface area contributed by atoms with Gasteiger partial charge in [0.15, 0.2) is 17.6 Å². The summed E-state index contributed by atoms with van der Waals surface area (Å²) in [6.07, 6.45) is -0.934. The summed E-state index contributed by atoms with van der Waals surface area (Å²) < 4.78 is 16.2. The van der Waals surface area contributed by atoms with E-state index < -0.39 is 18.0 Å². The molecule has 0 unspecified atom stereocenters. The summed E-state index contributed by atoms with van der Waals surface area (Å²) >= 11 is 0. The maximum absolute atomic E-state index is 13.0. The Kier molecular flexibility index (Phi) is 6.17. The van der Waals surface area contributed by atoms with Crippen molar-refractivity contribution in [2.24, 2.45) is 0 Å². The lowest BCUT2D eigenvalue weighted by molar-refractivity contribution is -0.155. The number of hydrogen-bond acceptors (Lipinski definition) is 5. The van der Waals surface area contributed by atoms with Gasteiger partial charge in [-0.3, -0.25) is 9.59 Å². The molecule has 1 amide bonds. The van der Waals surface area contributed by atoms with E-state index in [1.807, 2.05) is 72.8 Å². The molecular weight excluding hydrogens is 394 g/mol. The highest BCUT2D eigenvalue weighted by molar-refractivity contribution is 5.87. The molecule has 31 heavy (non-hydrogen) atoms. The van der Waals surface area contributed by atoms with E-state index in [0.29, 0.717) is 11.5 Å². The zero-order chi connectivity index (χ0) is 21.6. The molecule has 1 aliphatic heterocycles. The van der Waals surface area contributed by atoms with Crippen LogP contribution in [0.4, 0.5) is 0 Å². The first-order valence-corrected chi connectivity index (χ1v) is 10.1. The fourth-order valence-electron chi connectivity index (χ4n) is 3.44. The molecule has 4 rings (SSSR count). The topological polar surface area (TPSA) is 73.9 Å². The number of esters is 1. The van der Waals surface area contributed by atoms with Gasteiger partial charge in [0.1, 0.15) is 5.92 Å². The van der Waals surface area contributed by atoms with Crippen LogP contribution in [0.5, 0.6) is 11.5 Å². The maximum atomic E-state index is 13.0. The third-order valence-electron chi connectivity index (χ3n) is 5.07. The van der Waals surface area contributed by atoms with Gasteiger partial charge in [-0.05, 0) is 35.7 Å². The Morgan fingerprint density at radius 2 is 1.52 bits per heavy atom. The highest BCUT2D eigenvalue weighted by Gasteiger charge is 2.27. The number of ether oxygens (including phenoxy) is 3. The van der Waals surface area contributed by atoms with Crippen molar-refractivity contribution in [3.8, 4) is 11.5 Å². The molecule has 1 heterocycles. The minimum absolute atomic E-state index is 0.197. The second-order valence-corrected chi connectivity index (χ2v) is 7.24. The van der Waals surface area contributed by atoms with Crippen LogP contribution in [0.1, 0.15) is 29.5 Å². The summed E-state index contributed by atoms with van der Waals surface area (Å²) in [5.74, 6) is -0.106. The predicted molar refractivity (Wildman–Crippen MR) is 115 cm³/mol. The van der Waals surface area contributed by atoms with Crippen LogP contribution >= 0.6 is 0 Å². The van der Waals surface area contributed by atoms with Gasteiger partial charge in [0.05, 0.1) is 0 Å². The Morgan fingerprint density at radius 3 is 2.16 bits per heavy atom. The van der Waals surface area contributed by atoms with Crippen LogP contribution in [0.2, 0.25) is 0 Å². The number of benzene rings is 3. The average molecular weight is 417 g/mol. The second-order valence-electron chi connectivity index (χ2n) is 7.24. The van der Waals surface area contributed by atoms with Gasteiger partial charge in [-0.2, -0.15) is 0 Å². The molecule has 6 heteroatoms. The molecule has 0 aromatic heterocycles. The molecule has 0 saturated heterocycles. The fourth-order valence-corrected chi connectivity index (χ4v) is 3.44. The van der Waals surface area contributed by atoms with Gasteiger partial charge in [-0.15, -0.1) is 0 Å². The van der Waals surface area contributed by atoms with Crippen LogP contribution in [0, 0.1) is 0 Å². The van der Waals surface area contributed by atoms with Gasteiger partial charge >= 0.3 is 5.97 Å². The summed E-state index contributed by atoms with van der Waals surface area (Å²) in [5.41, 5.74) is 2.49. The van der Waals surface area contributed by atoms with Crippen LogP contribution in [-0.4, -0.2) is 24.8 Å². The smallest absolute Gasteiger partial charge is 0.318 e. The van der Waals surface area contributed by atoms with E-state index >= 15 is 0 Å². The zero-order valence-electron chi connectivity index (χ0n) is 17.1. The zero-order valence-corrected chi connectivity index (χ0v) is 17.1. The molecule has 0 saturated carbocycles. The third kappa shape index (κ3) is 4.86. The minimum Gasteiger partial charge on any atom is -0.454 e. The second kappa shape index (κ2) is 9.34. The van der Waals surface area contributed by atoms with E-state index in [1.165, 1.54) is 0 Å². The van der Waals surface area contributed by atoms with Crippen LogP contribution in [0.25, 0.3) is 0 Å². The van der Waals surface area contributed by atoms with Crippen LogP contribution < -0.4 is 14.8 Å². The first-order chi connectivity index (χ1) is 15.1. The highest BCUT2D eigenvalue weighted by atomic mass is 16.7. The lowest BCUT2D eigenvalue weighted by atomic mass is 9.91. The molecule has 1 N–H and O–H groups in total. The normalized spacial score (nSPS) is 13.0. The average Bonchev–Trinajstić information content (AvgIpc) is 3.27. The predicted octanol–water partition coefficient (Wildman–Crippen LogP) is 3.80. The number of hydrogen-bond donors (Lipinski definition) is 1. The van der Waals surface area contributed by atoms with Crippen molar-refractivity contribution in [1.82, 2.24) is 5.32 Å². The lowest BCUT2D eigenvalue weighted by Crippen LogP contribution is -2.36. The van der Waals surface area contributed by atoms with Crippen LogP contribution in [0.15, 0.2) is 78.9 Å². The first-order valence-electron chi connectivity index (χ1n) is 10.1. The molecule has 0 bridgehead atoms. The van der Waals surface area contributed by atoms with Crippen molar-refractivity contribution in [1.29, 1.82) is 0 Å². The Bertz CT molecular complexity index is 1010. The van der Waals surface area contributed by atoms with E-state index in [9.17, 15) is 9.59 Å². The summed E-state index contributed by atoms with van der Waals surface area (Å²) in [5, 5.41) is 2.80. The van der Waals surface area contributed by atoms with E-state index in [1.54, 1.807) is 13.0 Å². The molecule has 6 nitrogen and oxygen atoms in total. The van der Waals surface area contributed by atoms with Crippen LogP contribution in [-0.2, 0) is 20.9 Å². The van der Waals surface area contributed by atoms with Crippen molar-refractivity contribution < 1.29 is 23.8 Å². The summed E-state index contributed by atoms with van der Waals surface area (Å²) in [6, 6.07) is 24.3. The van der Waals surface area contributed by atoms with Crippen molar-refractivity contribution in [2.45, 2.75) is 25.5 Å². The molecule has 1 aliphatic rings. The Balaban J connectivity index is 1.40. The molecule has 3 aromatic rings. The summed E-state index contributed by atoms with van der Waals surface area (Å²) in [4.78, 5) is 25.6. The third-order valence-corrected chi connectivity index (χ3v) is 5.07. The molecule has 0 spiro atoms. The minimum atomic E-state index is -0.934. The summed E-state index contributed by atoms with van der Waals surface area (Å²) in [7, 11) is 0. The Morgan fingerprint density at radius 1 is 0.903 bits per heavy atom. The largest absolute Gasteiger partial charge is 0.454 e. The van der Waals surface area contributed by atoms with Gasteiger partial charge in [0.25, 0.3) is 5.91 Å². The first kappa shape index (κ1) is 20.5. The Labute approximate surface area is 180 Å². The lowest BCUT2D eigenvalue weighted by Gasteiger charge is -2.20. The molecule has 3 aromatic carbocycles. The standard InChI is InChI=1S/C25H23NO5/c1-17(24(27)26-15-18-12-13-21-22(14-18)30-16-29-21)31-25(28)23(19-8-4-2-5-9-19)20-10-6-3-7-11-20/h2-14,17,23H,15-16H2,1H3,(H,26,27)/t17-/m0/s1. The monoisotopic (exact) mass is 417 g/mol. The SMILES string of the molecule is C[C@H](OC(=O)C(c1ccccc1)c1ccccc1)C(=O)NCc1ccc2c(c1)OCO2. The van der Waals surface area contributed by atoms with Gasteiger partial charge < -0.3 is 19.5 Å². The number of carbonyl (C=O) groups is 2. The van der Waals surface area contributed by atoms with Crippen molar-refractivity contribution >= 4 is 11.9 Å². The molecule has 158 valence electrons. The number of amides is 1. The van der Waals surface area contributed by atoms with Gasteiger partial charge in [0, 0.05) is 6.54 Å². The van der Waals surface area contributed by atoms with Crippen molar-refractivity contribution in [3.05, 3.63) is 95.6 Å². The fraction of sp³-hybridized carbons (Fsp3) is 0.200. The van der Waals surface area contributed by atoms with Crippen molar-refractivity contribution in [2.75, 3.05) is 6.79 Å². The van der Waals surface area contributed by atoms with Gasteiger partial charge in [0.2, 0.25) is 6.79 Å². The quantitative estimate of drug-likeness (QED) is 0.592. The van der Waals surface area contributed by atoms with Gasteiger partial charge in [-0.1, -0.05) is 66.7 Å². The van der Waals surface area contributed by atoms with Crippen LogP contribution in [0.3, 0.4) is 0 Å². The number of carbonyl (C=O) groups excluding carboxylic acids is 2. The van der Waals surface area contributed by atoms with Crippen molar-refractivity contribution in [3.63, 3.8) is 0 Å². The summed E-state index contributed by atoms with van der Waals surface area (Å²) in [6.45, 7) is 2.06. The Hall–Kier alpha value is -3.80. The number of rotatable bonds is 7. The van der Waals surface area contributed by atoms with E-state index in [4.69, 9.17) is 14.2 Å². The van der Waals surface area contributed by atoms with E-state index in [2.05, 4.69) is 5.32 Å². The highest BCUT2D eigenvalue weighted by Crippen LogP contribution is 2.32. The van der Waals surface area contributed by atoms with E-state index in [-0.39, 0.29) is 19.2 Å². The van der Waals surface area contributed by atoms with Gasteiger partial charge in [-0.25, -0.2) is 0 Å². The molecule has 1 atom stereocenters. The molecule has 0 aliphatic carbocycles. The number of nitrogens with one attached hydrogen (secondary N) is 1. The molecule has 0 fully saturated rings. The molecule has 0 radical (unpaired) electrons. The maximum Gasteiger partial charge on any atom is 0.318 e. The number of fused-ring (bicyclic) bond motifs is 1.